The smallest absolute Gasteiger partial charge is 0.426 e. The Morgan fingerprint density at radius 1 is 1.24 bits per heavy atom. The van der Waals surface area contributed by atoms with Gasteiger partial charge in [-0.3, -0.25) is 15.0 Å². The van der Waals surface area contributed by atoms with Crippen LogP contribution >= 0.6 is 0 Å². The molecule has 0 spiro atoms. The molecule has 2 atom stereocenters. The lowest BCUT2D eigenvalue weighted by molar-refractivity contribution is -0.563. The van der Waals surface area contributed by atoms with E-state index in [9.17, 15) is 28.9 Å². The van der Waals surface area contributed by atoms with Crippen molar-refractivity contribution in [3.63, 3.8) is 0 Å². The number of amides is 2. The van der Waals surface area contributed by atoms with Crippen LogP contribution < -0.4 is 21.4 Å². The first-order valence-electron chi connectivity index (χ1n) is 10.6. The summed E-state index contributed by atoms with van der Waals surface area (Å²) < 4.78 is 13.5. The summed E-state index contributed by atoms with van der Waals surface area (Å²) in [5.74, 6) is -2.71. The number of hydrogen-bond donors (Lipinski definition) is 7. The number of nitrogens with zero attached hydrogens (tertiary/aromatic N) is 1. The van der Waals surface area contributed by atoms with Crippen LogP contribution in [-0.4, -0.2) is 65.4 Å². The Balaban J connectivity index is 2.88. The summed E-state index contributed by atoms with van der Waals surface area (Å²) in [5, 5.41) is 34.6. The lowest BCUT2D eigenvalue weighted by Gasteiger charge is -2.24. The molecule has 1 aromatic carbocycles. The average Bonchev–Trinajstić information content (AvgIpc) is 2.70. The summed E-state index contributed by atoms with van der Waals surface area (Å²) >= 11 is 0. The Hall–Kier alpha value is -3.06. The van der Waals surface area contributed by atoms with Crippen LogP contribution in [0.15, 0.2) is 18.2 Å². The van der Waals surface area contributed by atoms with Crippen LogP contribution in [0, 0.1) is 29.0 Å². The summed E-state index contributed by atoms with van der Waals surface area (Å²) in [6.07, 6.45) is 0.805. The van der Waals surface area contributed by atoms with Gasteiger partial charge in [0.1, 0.15) is 16.7 Å². The van der Waals surface area contributed by atoms with Crippen molar-refractivity contribution in [2.24, 2.45) is 5.92 Å². The van der Waals surface area contributed by atoms with E-state index >= 15 is 0 Å². The maximum absolute atomic E-state index is 13.5. The highest BCUT2D eigenvalue weighted by Gasteiger charge is 2.30. The van der Waals surface area contributed by atoms with Crippen LogP contribution in [0.3, 0.4) is 0 Å². The summed E-state index contributed by atoms with van der Waals surface area (Å²) in [7, 11) is -0.586. The minimum absolute atomic E-state index is 0.0780. The minimum atomic E-state index is -1.77. The Kier molecular flexibility index (Phi) is 11.4. The van der Waals surface area contributed by atoms with Crippen LogP contribution in [0.5, 0.6) is 0 Å². The summed E-state index contributed by atoms with van der Waals surface area (Å²) in [6.45, 7) is 5.48. The molecule has 11 nitrogen and oxygen atoms in total. The molecule has 13 heteroatoms. The molecule has 2 amide bonds. The Labute approximate surface area is 192 Å². The zero-order valence-electron chi connectivity index (χ0n) is 19.3. The van der Waals surface area contributed by atoms with E-state index in [1.807, 2.05) is 13.8 Å². The molecule has 0 radical (unpaired) electrons. The van der Waals surface area contributed by atoms with Crippen molar-refractivity contribution >= 4 is 24.9 Å². The van der Waals surface area contributed by atoms with Gasteiger partial charge in [0.2, 0.25) is 18.9 Å². The number of carbonyl (C=O) groups is 2. The van der Waals surface area contributed by atoms with E-state index < -0.39 is 36.7 Å². The van der Waals surface area contributed by atoms with Crippen molar-refractivity contribution in [2.45, 2.75) is 52.0 Å². The maximum Gasteiger partial charge on any atom is 0.475 e. The second-order valence-electron chi connectivity index (χ2n) is 8.20. The first-order chi connectivity index (χ1) is 15.4. The molecule has 0 unspecified atom stereocenters. The number of benzene rings is 1. The number of carbonyl (C=O) groups excluding carboxylic acids is 2. The van der Waals surface area contributed by atoms with Crippen LogP contribution in [0.2, 0.25) is 0 Å². The van der Waals surface area contributed by atoms with E-state index in [1.54, 1.807) is 0 Å². The van der Waals surface area contributed by atoms with Gasteiger partial charge in [-0.2, -0.15) is 0 Å². The highest BCUT2D eigenvalue weighted by molar-refractivity contribution is 6.43. The monoisotopic (exact) mass is 467 g/mol. The van der Waals surface area contributed by atoms with E-state index in [0.717, 1.165) is 6.07 Å². The average molecular weight is 467 g/mol. The van der Waals surface area contributed by atoms with Crippen molar-refractivity contribution in [3.05, 3.63) is 40.1 Å². The second-order valence-corrected chi connectivity index (χ2v) is 8.20. The normalized spacial score (nSPS) is 12.5. The number of rotatable bonds is 12. The number of nitroso groups, excluding NO2 is 1. The van der Waals surface area contributed by atoms with Gasteiger partial charge >= 0.3 is 7.12 Å². The molecule has 0 bridgehead atoms. The lowest BCUT2D eigenvalue weighted by Crippen LogP contribution is -2.54. The molecule has 0 saturated carbocycles. The van der Waals surface area contributed by atoms with Crippen molar-refractivity contribution in [1.29, 1.82) is 5.41 Å². The Morgan fingerprint density at radius 3 is 2.45 bits per heavy atom. The van der Waals surface area contributed by atoms with Gasteiger partial charge in [0.25, 0.3) is 5.91 Å². The molecular weight excluding hydrogens is 434 g/mol. The molecule has 182 valence electrons. The highest BCUT2D eigenvalue weighted by Crippen LogP contribution is 2.11. The van der Waals surface area contributed by atoms with Crippen LogP contribution in [-0.2, 0) is 4.79 Å². The van der Waals surface area contributed by atoms with E-state index in [0.29, 0.717) is 17.7 Å². The van der Waals surface area contributed by atoms with Gasteiger partial charge in [0, 0.05) is 12.1 Å². The van der Waals surface area contributed by atoms with Crippen molar-refractivity contribution < 1.29 is 28.9 Å². The van der Waals surface area contributed by atoms with E-state index in [4.69, 9.17) is 5.41 Å². The molecule has 1 aromatic rings. The molecule has 0 heterocycles. The lowest BCUT2D eigenvalue weighted by atomic mass is 9.75. The molecule has 0 aliphatic rings. The third-order valence-electron chi connectivity index (χ3n) is 4.70. The summed E-state index contributed by atoms with van der Waals surface area (Å²) in [6, 6.07) is 2.81. The molecular formula is C20H33BFN6O5+. The number of hydrazine groups is 1. The molecule has 0 saturated heterocycles. The molecule has 0 aliphatic carbocycles. The van der Waals surface area contributed by atoms with Crippen LogP contribution in [0.1, 0.15) is 49.0 Å². The summed E-state index contributed by atoms with van der Waals surface area (Å²) in [4.78, 5) is 36.8. The van der Waals surface area contributed by atoms with Gasteiger partial charge in [-0.05, 0) is 55.9 Å². The predicted molar refractivity (Wildman–Crippen MR) is 122 cm³/mol. The largest absolute Gasteiger partial charge is 0.475 e. The highest BCUT2D eigenvalue weighted by atomic mass is 19.1. The van der Waals surface area contributed by atoms with E-state index in [1.165, 1.54) is 26.1 Å². The molecule has 0 fully saturated rings. The second kappa shape index (κ2) is 13.5. The number of aryl methyl sites for hydroxylation is 1. The fourth-order valence-corrected chi connectivity index (χ4v) is 3.06. The van der Waals surface area contributed by atoms with Crippen LogP contribution in [0.25, 0.3) is 0 Å². The van der Waals surface area contributed by atoms with Crippen molar-refractivity contribution in [2.75, 3.05) is 13.6 Å². The van der Waals surface area contributed by atoms with Gasteiger partial charge in [-0.15, -0.1) is 0 Å². The van der Waals surface area contributed by atoms with E-state index in [-0.39, 0.29) is 36.0 Å². The number of nitrogens with one attached hydrogen (secondary N) is 5. The minimum Gasteiger partial charge on any atom is -0.426 e. The Morgan fingerprint density at radius 2 is 1.91 bits per heavy atom. The van der Waals surface area contributed by atoms with Crippen molar-refractivity contribution in [3.8, 4) is 0 Å². The molecule has 1 rings (SSSR count). The third-order valence-corrected chi connectivity index (χ3v) is 4.70. The molecule has 0 aromatic heterocycles. The van der Waals surface area contributed by atoms with Gasteiger partial charge in [-0.25, -0.2) is 4.39 Å². The van der Waals surface area contributed by atoms with Crippen LogP contribution in [0.4, 0.5) is 4.39 Å². The van der Waals surface area contributed by atoms with Gasteiger partial charge < -0.3 is 26.0 Å². The standard InChI is InChI=1S/C20H32BFN6O5/c1-12(2)10-17(21(31)32)26-19(30)16(6-5-9-24-20(23)27-28(4)33)25-18(29)14-7-8-15(22)13(3)11-14/h7-8,11-12,16-17,31-32H,5-6,9-10H2,1-4H3,(H4-,23,24,25,26,27,29,30,33)/p+1/t16-,17-/m0/s1. The number of hydrogen-bond acceptors (Lipinski definition) is 6. The van der Waals surface area contributed by atoms with Gasteiger partial charge in [0.05, 0.1) is 10.8 Å². The molecule has 0 aliphatic heterocycles. The first kappa shape index (κ1) is 28.0. The topological polar surface area (TPSA) is 167 Å². The zero-order chi connectivity index (χ0) is 25.1. The van der Waals surface area contributed by atoms with E-state index in [2.05, 4.69) is 21.4 Å². The molecule has 33 heavy (non-hydrogen) atoms. The maximum atomic E-state index is 13.5. The fourth-order valence-electron chi connectivity index (χ4n) is 3.06. The first-order valence-corrected chi connectivity index (χ1v) is 10.6. The van der Waals surface area contributed by atoms with Gasteiger partial charge in [0.15, 0.2) is 0 Å². The zero-order valence-corrected chi connectivity index (χ0v) is 19.3. The van der Waals surface area contributed by atoms with Crippen molar-refractivity contribution in [1.82, 2.24) is 21.4 Å². The Bertz CT molecular complexity index is 854. The summed E-state index contributed by atoms with van der Waals surface area (Å²) in [5.41, 5.74) is 2.64. The predicted octanol–water partition coefficient (Wildman–Crippen LogP) is -0.00671. The fraction of sp³-hybridized carbons (Fsp3) is 0.550. The quantitative estimate of drug-likeness (QED) is 0.0567. The number of guanidine groups is 1. The molecule has 7 N–H and O–H groups in total. The van der Waals surface area contributed by atoms with Gasteiger partial charge in [-0.1, -0.05) is 19.3 Å². The SMILES string of the molecule is Cc1cc(C(=O)N[C@@H](CCCNC(=N)N[N+](C)=O)C(=O)N[C@@H](CC(C)C)B(O)O)ccc1F. The number of halogens is 1. The third kappa shape index (κ3) is 10.4.